The molecule has 0 aliphatic carbocycles. The van der Waals surface area contributed by atoms with Crippen LogP contribution in [0.4, 0.5) is 5.69 Å². The van der Waals surface area contributed by atoms with Crippen LogP contribution in [0.3, 0.4) is 0 Å². The van der Waals surface area contributed by atoms with E-state index in [2.05, 4.69) is 10.6 Å². The number of anilines is 1. The standard InChI is InChI=1S/C21H22N2O4/c24-20(22-10-9-14-5-7-18-19(11-14)27-13-26-18)8-6-16-12-15-3-1-2-4-17(15)23-21(16)25/h1-5,7,11,16H,6,8-10,12-13H2,(H,22,24)(H,23,25). The number of hydrogen-bond donors (Lipinski definition) is 2. The number of rotatable bonds is 6. The monoisotopic (exact) mass is 366 g/mol. The summed E-state index contributed by atoms with van der Waals surface area (Å²) in [5.41, 5.74) is 3.10. The van der Waals surface area contributed by atoms with Crippen molar-refractivity contribution in [3.8, 4) is 11.5 Å². The predicted octanol–water partition coefficient (Wildman–Crippen LogP) is 2.67. The minimum absolute atomic E-state index is 0.00172. The van der Waals surface area contributed by atoms with Crippen LogP contribution in [0.5, 0.6) is 11.5 Å². The summed E-state index contributed by atoms with van der Waals surface area (Å²) >= 11 is 0. The van der Waals surface area contributed by atoms with Crippen molar-refractivity contribution in [2.24, 2.45) is 5.92 Å². The molecule has 2 N–H and O–H groups in total. The van der Waals surface area contributed by atoms with Crippen molar-refractivity contribution in [3.63, 3.8) is 0 Å². The number of nitrogens with one attached hydrogen (secondary N) is 2. The molecule has 0 bridgehead atoms. The van der Waals surface area contributed by atoms with E-state index >= 15 is 0 Å². The van der Waals surface area contributed by atoms with E-state index in [9.17, 15) is 9.59 Å². The van der Waals surface area contributed by atoms with Crippen molar-refractivity contribution in [2.75, 3.05) is 18.7 Å². The average molecular weight is 366 g/mol. The van der Waals surface area contributed by atoms with Crippen molar-refractivity contribution in [1.82, 2.24) is 5.32 Å². The number of ether oxygens (including phenoxy) is 2. The van der Waals surface area contributed by atoms with Crippen LogP contribution < -0.4 is 20.1 Å². The summed E-state index contributed by atoms with van der Waals surface area (Å²) in [6.45, 7) is 0.812. The second kappa shape index (κ2) is 7.70. The third-order valence-electron chi connectivity index (χ3n) is 5.01. The molecule has 2 aliphatic rings. The second-order valence-electron chi connectivity index (χ2n) is 6.87. The first-order valence-electron chi connectivity index (χ1n) is 9.23. The molecule has 2 aromatic rings. The lowest BCUT2D eigenvalue weighted by Gasteiger charge is -2.24. The lowest BCUT2D eigenvalue weighted by atomic mass is 9.89. The number of fused-ring (bicyclic) bond motifs is 2. The van der Waals surface area contributed by atoms with E-state index in [1.807, 2.05) is 42.5 Å². The molecule has 1 atom stereocenters. The number of carbonyl (C=O) groups is 2. The first-order chi connectivity index (χ1) is 13.2. The van der Waals surface area contributed by atoms with Gasteiger partial charge in [0.25, 0.3) is 0 Å². The fourth-order valence-electron chi connectivity index (χ4n) is 3.48. The Morgan fingerprint density at radius 1 is 1.15 bits per heavy atom. The van der Waals surface area contributed by atoms with Gasteiger partial charge in [-0.15, -0.1) is 0 Å². The molecule has 27 heavy (non-hydrogen) atoms. The van der Waals surface area contributed by atoms with Gasteiger partial charge in [0.1, 0.15) is 0 Å². The molecule has 2 amide bonds. The summed E-state index contributed by atoms with van der Waals surface area (Å²) in [5, 5.41) is 5.86. The molecule has 0 aromatic heterocycles. The van der Waals surface area contributed by atoms with Gasteiger partial charge in [-0.25, -0.2) is 0 Å². The van der Waals surface area contributed by atoms with Gasteiger partial charge < -0.3 is 20.1 Å². The molecule has 0 saturated heterocycles. The van der Waals surface area contributed by atoms with Crippen LogP contribution in [0.15, 0.2) is 42.5 Å². The maximum Gasteiger partial charge on any atom is 0.231 e. The SMILES string of the molecule is O=C(CCC1Cc2ccccc2NC1=O)NCCc1ccc2c(c1)OCO2. The average Bonchev–Trinajstić information content (AvgIpc) is 3.14. The van der Waals surface area contributed by atoms with E-state index in [0.29, 0.717) is 25.8 Å². The zero-order valence-electron chi connectivity index (χ0n) is 15.0. The van der Waals surface area contributed by atoms with Gasteiger partial charge in [-0.3, -0.25) is 9.59 Å². The van der Waals surface area contributed by atoms with Gasteiger partial charge in [0.05, 0.1) is 0 Å². The fraction of sp³-hybridized carbons (Fsp3) is 0.333. The minimum Gasteiger partial charge on any atom is -0.454 e. The maximum atomic E-state index is 12.2. The Balaban J connectivity index is 1.21. The molecule has 4 rings (SSSR count). The normalized spacial score (nSPS) is 17.2. The summed E-state index contributed by atoms with van der Waals surface area (Å²) in [4.78, 5) is 24.3. The van der Waals surface area contributed by atoms with E-state index in [0.717, 1.165) is 34.7 Å². The van der Waals surface area contributed by atoms with Gasteiger partial charge in [0, 0.05) is 24.6 Å². The summed E-state index contributed by atoms with van der Waals surface area (Å²) < 4.78 is 10.7. The van der Waals surface area contributed by atoms with Gasteiger partial charge in [-0.1, -0.05) is 24.3 Å². The van der Waals surface area contributed by atoms with E-state index in [4.69, 9.17) is 9.47 Å². The van der Waals surface area contributed by atoms with Crippen molar-refractivity contribution >= 4 is 17.5 Å². The van der Waals surface area contributed by atoms with Crippen molar-refractivity contribution in [1.29, 1.82) is 0 Å². The smallest absolute Gasteiger partial charge is 0.231 e. The number of amides is 2. The molecular formula is C21H22N2O4. The Morgan fingerprint density at radius 2 is 2.00 bits per heavy atom. The lowest BCUT2D eigenvalue weighted by molar-refractivity contribution is -0.122. The van der Waals surface area contributed by atoms with Crippen molar-refractivity contribution in [2.45, 2.75) is 25.7 Å². The zero-order chi connectivity index (χ0) is 18.6. The first-order valence-corrected chi connectivity index (χ1v) is 9.23. The van der Waals surface area contributed by atoms with Crippen LogP contribution in [0.25, 0.3) is 0 Å². The molecule has 6 nitrogen and oxygen atoms in total. The van der Waals surface area contributed by atoms with Gasteiger partial charge in [0.2, 0.25) is 18.6 Å². The highest BCUT2D eigenvalue weighted by atomic mass is 16.7. The summed E-state index contributed by atoms with van der Waals surface area (Å²) in [6, 6.07) is 13.6. The Hall–Kier alpha value is -3.02. The molecule has 2 heterocycles. The molecule has 0 spiro atoms. The molecule has 2 aliphatic heterocycles. The molecule has 6 heteroatoms. The van der Waals surface area contributed by atoms with E-state index in [-0.39, 0.29) is 24.5 Å². The molecule has 140 valence electrons. The van der Waals surface area contributed by atoms with Crippen LogP contribution in [-0.4, -0.2) is 25.2 Å². The summed E-state index contributed by atoms with van der Waals surface area (Å²) in [7, 11) is 0. The van der Waals surface area contributed by atoms with Crippen LogP contribution in [0.1, 0.15) is 24.0 Å². The van der Waals surface area contributed by atoms with Crippen LogP contribution in [-0.2, 0) is 22.4 Å². The van der Waals surface area contributed by atoms with Gasteiger partial charge >= 0.3 is 0 Å². The molecular weight excluding hydrogens is 344 g/mol. The second-order valence-corrected chi connectivity index (χ2v) is 6.87. The Kier molecular flexibility index (Phi) is 4.96. The van der Waals surface area contributed by atoms with Gasteiger partial charge in [0.15, 0.2) is 11.5 Å². The number of para-hydroxylation sites is 1. The number of benzene rings is 2. The largest absolute Gasteiger partial charge is 0.454 e. The molecule has 0 fully saturated rings. The van der Waals surface area contributed by atoms with Crippen LogP contribution in [0.2, 0.25) is 0 Å². The predicted molar refractivity (Wildman–Crippen MR) is 101 cm³/mol. The Labute approximate surface area is 157 Å². The fourth-order valence-corrected chi connectivity index (χ4v) is 3.48. The first kappa shape index (κ1) is 17.4. The Morgan fingerprint density at radius 3 is 2.93 bits per heavy atom. The molecule has 0 saturated carbocycles. The molecule has 1 unspecified atom stereocenters. The van der Waals surface area contributed by atoms with Crippen LogP contribution >= 0.6 is 0 Å². The topological polar surface area (TPSA) is 76.7 Å². The third-order valence-corrected chi connectivity index (χ3v) is 5.01. The summed E-state index contributed by atoms with van der Waals surface area (Å²) in [5.74, 6) is 1.33. The molecule has 2 aromatic carbocycles. The Bertz CT molecular complexity index is 865. The third kappa shape index (κ3) is 4.05. The minimum atomic E-state index is -0.153. The lowest BCUT2D eigenvalue weighted by Crippen LogP contribution is -2.32. The quantitative estimate of drug-likeness (QED) is 0.824. The molecule has 0 radical (unpaired) electrons. The highest BCUT2D eigenvalue weighted by Gasteiger charge is 2.26. The van der Waals surface area contributed by atoms with Crippen LogP contribution in [0, 0.1) is 5.92 Å². The number of carbonyl (C=O) groups excluding carboxylic acids is 2. The van der Waals surface area contributed by atoms with E-state index in [1.54, 1.807) is 0 Å². The van der Waals surface area contributed by atoms with Gasteiger partial charge in [-0.05, 0) is 48.6 Å². The zero-order valence-corrected chi connectivity index (χ0v) is 15.0. The highest BCUT2D eigenvalue weighted by molar-refractivity contribution is 5.96. The van der Waals surface area contributed by atoms with Gasteiger partial charge in [-0.2, -0.15) is 0 Å². The summed E-state index contributed by atoms with van der Waals surface area (Å²) in [6.07, 6.45) is 2.31. The highest BCUT2D eigenvalue weighted by Crippen LogP contribution is 2.32. The van der Waals surface area contributed by atoms with E-state index < -0.39 is 0 Å². The van der Waals surface area contributed by atoms with Crippen molar-refractivity contribution < 1.29 is 19.1 Å². The van der Waals surface area contributed by atoms with Crippen molar-refractivity contribution in [3.05, 3.63) is 53.6 Å². The maximum absolute atomic E-state index is 12.2. The number of hydrogen-bond acceptors (Lipinski definition) is 4. The van der Waals surface area contributed by atoms with E-state index in [1.165, 1.54) is 0 Å².